The molecule has 0 aromatic rings. The normalized spacial score (nSPS) is 11.7. The number of carbonyl (C=O) groups excluding carboxylic acids is 1. The van der Waals surface area contributed by atoms with Gasteiger partial charge in [-0.1, -0.05) is 0 Å². The molecule has 0 spiro atoms. The first-order valence-corrected chi connectivity index (χ1v) is 8.92. The molecule has 0 radical (unpaired) electrons. The maximum Gasteiger partial charge on any atom is 0.334 e. The Hall–Kier alpha value is -1.18. The number of hydrogen-bond acceptors (Lipinski definition) is 4. The number of carbonyl (C=O) groups is 2. The van der Waals surface area contributed by atoms with E-state index in [0.29, 0.717) is 19.8 Å². The summed E-state index contributed by atoms with van der Waals surface area (Å²) in [5.41, 5.74) is 0. The van der Waals surface area contributed by atoms with Crippen molar-refractivity contribution in [3.05, 3.63) is 12.2 Å². The van der Waals surface area contributed by atoms with Gasteiger partial charge in [0.05, 0.1) is 0 Å². The Bertz CT molecular complexity index is 313. The van der Waals surface area contributed by atoms with Gasteiger partial charge in [-0.2, -0.15) is 0 Å². The van der Waals surface area contributed by atoms with E-state index in [4.69, 9.17) is 14.0 Å². The van der Waals surface area contributed by atoms with Crippen LogP contribution < -0.4 is 5.32 Å². The molecule has 0 aliphatic carbocycles. The van der Waals surface area contributed by atoms with Gasteiger partial charge >= 0.3 is 14.5 Å². The Kier molecular flexibility index (Phi) is 9.10. The molecule has 0 aromatic carbocycles. The van der Waals surface area contributed by atoms with Crippen LogP contribution in [0.25, 0.3) is 0 Å². The topological polar surface area (TPSA) is 84.9 Å². The van der Waals surface area contributed by atoms with Gasteiger partial charge in [0.2, 0.25) is 5.91 Å². The third-order valence-electron chi connectivity index (χ3n) is 2.38. The first kappa shape index (κ1) is 17.8. The van der Waals surface area contributed by atoms with Crippen LogP contribution >= 0.6 is 0 Å². The molecule has 0 bridgehead atoms. The number of rotatable bonds is 10. The van der Waals surface area contributed by atoms with Crippen molar-refractivity contribution in [2.45, 2.75) is 32.9 Å². The maximum atomic E-state index is 11.2. The highest BCUT2D eigenvalue weighted by atomic mass is 28.4. The molecule has 7 heteroatoms. The highest BCUT2D eigenvalue weighted by Gasteiger charge is 2.29. The second-order valence-corrected chi connectivity index (χ2v) is 7.41. The lowest BCUT2D eigenvalue weighted by Crippen LogP contribution is -2.39. The van der Waals surface area contributed by atoms with E-state index in [1.807, 2.05) is 20.4 Å². The van der Waals surface area contributed by atoms with E-state index in [2.05, 4.69) is 5.32 Å². The molecule has 0 saturated carbocycles. The van der Waals surface area contributed by atoms with Crippen molar-refractivity contribution in [3.8, 4) is 0 Å². The van der Waals surface area contributed by atoms with E-state index in [-0.39, 0.29) is 0 Å². The van der Waals surface area contributed by atoms with Gasteiger partial charge < -0.3 is 19.3 Å². The zero-order valence-electron chi connectivity index (χ0n) is 11.8. The molecule has 0 heterocycles. The minimum absolute atomic E-state index is 0.404. The van der Waals surface area contributed by atoms with Crippen LogP contribution in [0.15, 0.2) is 12.2 Å². The van der Waals surface area contributed by atoms with E-state index in [9.17, 15) is 9.59 Å². The minimum atomic E-state index is -2.12. The fraction of sp³-hybridized carbons (Fsp3) is 0.667. The Balaban J connectivity index is 3.94. The van der Waals surface area contributed by atoms with Crippen LogP contribution in [0.4, 0.5) is 0 Å². The number of nitrogens with one attached hydrogen (secondary N) is 1. The Morgan fingerprint density at radius 3 is 2.26 bits per heavy atom. The molecule has 0 unspecified atom stereocenters. The van der Waals surface area contributed by atoms with Gasteiger partial charge in [0, 0.05) is 31.9 Å². The van der Waals surface area contributed by atoms with Gasteiger partial charge in [0.25, 0.3) is 0 Å². The summed E-state index contributed by atoms with van der Waals surface area (Å²) in [6.07, 6.45) is 2.56. The standard InChI is InChI=1S/C12H23NO5Si/c1-4-17-19(3,18-5-2)10-6-9-13-11(14)7-8-12(15)16/h7-8H,4-6,9-10H2,1-3H3,(H,13,14)(H,15,16). The fourth-order valence-electron chi connectivity index (χ4n) is 1.62. The fourth-order valence-corrected chi connectivity index (χ4v) is 4.04. The van der Waals surface area contributed by atoms with Crippen molar-refractivity contribution in [2.24, 2.45) is 0 Å². The van der Waals surface area contributed by atoms with Crippen LogP contribution in [0.1, 0.15) is 20.3 Å². The first-order chi connectivity index (χ1) is 8.93. The smallest absolute Gasteiger partial charge is 0.334 e. The summed E-state index contributed by atoms with van der Waals surface area (Å²) < 4.78 is 11.3. The van der Waals surface area contributed by atoms with Gasteiger partial charge in [-0.25, -0.2) is 4.79 Å². The number of aliphatic carboxylic acids is 1. The van der Waals surface area contributed by atoms with E-state index >= 15 is 0 Å². The lowest BCUT2D eigenvalue weighted by Gasteiger charge is -2.25. The quantitative estimate of drug-likeness (QED) is 0.359. The highest BCUT2D eigenvalue weighted by molar-refractivity contribution is 6.66. The number of amides is 1. The summed E-state index contributed by atoms with van der Waals surface area (Å²) in [6.45, 7) is 7.59. The molecule has 0 aromatic heterocycles. The third kappa shape index (κ3) is 9.40. The zero-order chi connectivity index (χ0) is 14.7. The van der Waals surface area contributed by atoms with Gasteiger partial charge in [-0.05, 0) is 32.9 Å². The van der Waals surface area contributed by atoms with Gasteiger partial charge in [0.15, 0.2) is 0 Å². The number of carboxylic acid groups (broad SMARTS) is 1. The number of hydrogen-bond donors (Lipinski definition) is 2. The molecule has 1 amide bonds. The average Bonchev–Trinajstić information content (AvgIpc) is 2.33. The molecule has 0 fully saturated rings. The lowest BCUT2D eigenvalue weighted by atomic mass is 10.4. The van der Waals surface area contributed by atoms with Crippen molar-refractivity contribution >= 4 is 20.4 Å². The molecule has 2 N–H and O–H groups in total. The van der Waals surface area contributed by atoms with Crippen LogP contribution in [0.3, 0.4) is 0 Å². The van der Waals surface area contributed by atoms with Crippen molar-refractivity contribution in [3.63, 3.8) is 0 Å². The monoisotopic (exact) mass is 289 g/mol. The van der Waals surface area contributed by atoms with E-state index in [1.165, 1.54) is 0 Å². The van der Waals surface area contributed by atoms with E-state index < -0.39 is 20.4 Å². The molecular formula is C12H23NO5Si. The largest absolute Gasteiger partial charge is 0.478 e. The predicted octanol–water partition coefficient (Wildman–Crippen LogP) is 1.28. The summed E-state index contributed by atoms with van der Waals surface area (Å²) in [5.74, 6) is -1.54. The molecule has 19 heavy (non-hydrogen) atoms. The molecular weight excluding hydrogens is 266 g/mol. The van der Waals surface area contributed by atoms with Gasteiger partial charge in [-0.3, -0.25) is 4.79 Å². The van der Waals surface area contributed by atoms with Crippen molar-refractivity contribution in [2.75, 3.05) is 19.8 Å². The second-order valence-electron chi connectivity index (χ2n) is 4.07. The molecule has 0 aliphatic heterocycles. The van der Waals surface area contributed by atoms with E-state index in [0.717, 1.165) is 24.6 Å². The van der Waals surface area contributed by atoms with Crippen LogP contribution in [0.5, 0.6) is 0 Å². The molecule has 6 nitrogen and oxygen atoms in total. The Morgan fingerprint density at radius 2 is 1.79 bits per heavy atom. The van der Waals surface area contributed by atoms with E-state index in [1.54, 1.807) is 0 Å². The predicted molar refractivity (Wildman–Crippen MR) is 74.1 cm³/mol. The maximum absolute atomic E-state index is 11.2. The van der Waals surface area contributed by atoms with Crippen LogP contribution in [-0.2, 0) is 18.4 Å². The van der Waals surface area contributed by atoms with Crippen molar-refractivity contribution in [1.82, 2.24) is 5.32 Å². The average molecular weight is 289 g/mol. The Labute approximate surface area is 115 Å². The molecule has 0 rings (SSSR count). The van der Waals surface area contributed by atoms with Crippen molar-refractivity contribution in [1.29, 1.82) is 0 Å². The summed E-state index contributed by atoms with van der Waals surface area (Å²) in [6, 6.07) is 0.789. The molecule has 0 aliphatic rings. The SMILES string of the molecule is CCO[Si](C)(CCCNC(=O)C=CC(=O)O)OCC. The number of carboxylic acids is 1. The summed E-state index contributed by atoms with van der Waals surface area (Å²) in [4.78, 5) is 21.4. The van der Waals surface area contributed by atoms with Crippen molar-refractivity contribution < 1.29 is 23.5 Å². The second kappa shape index (κ2) is 9.71. The summed E-state index contributed by atoms with van der Waals surface area (Å²) >= 11 is 0. The summed E-state index contributed by atoms with van der Waals surface area (Å²) in [5, 5.41) is 11.0. The third-order valence-corrected chi connectivity index (χ3v) is 5.44. The molecule has 0 saturated heterocycles. The van der Waals surface area contributed by atoms with Gasteiger partial charge in [-0.15, -0.1) is 0 Å². The molecule has 0 atom stereocenters. The summed E-state index contributed by atoms with van der Waals surface area (Å²) in [7, 11) is -2.12. The first-order valence-electron chi connectivity index (χ1n) is 6.40. The minimum Gasteiger partial charge on any atom is -0.478 e. The molecule has 110 valence electrons. The van der Waals surface area contributed by atoms with Crippen LogP contribution in [0, 0.1) is 0 Å². The highest BCUT2D eigenvalue weighted by Crippen LogP contribution is 2.15. The zero-order valence-corrected chi connectivity index (χ0v) is 12.8. The lowest BCUT2D eigenvalue weighted by molar-refractivity contribution is -0.131. The van der Waals surface area contributed by atoms with Crippen LogP contribution in [0.2, 0.25) is 12.6 Å². The Morgan fingerprint density at radius 1 is 1.21 bits per heavy atom. The van der Waals surface area contributed by atoms with Crippen LogP contribution in [-0.4, -0.2) is 45.3 Å². The van der Waals surface area contributed by atoms with Gasteiger partial charge in [0.1, 0.15) is 0 Å².